The molecule has 1 atom stereocenters. The number of halogens is 1. The summed E-state index contributed by atoms with van der Waals surface area (Å²) in [6.07, 6.45) is 1.94. The number of rotatable bonds is 2. The molecule has 0 fully saturated rings. The van der Waals surface area contributed by atoms with E-state index >= 15 is 0 Å². The molecule has 0 radical (unpaired) electrons. The van der Waals surface area contributed by atoms with Crippen LogP contribution in [-0.2, 0) is 17.6 Å². The molecule has 0 spiro atoms. The second-order valence-corrected chi connectivity index (χ2v) is 6.23. The third-order valence-electron chi connectivity index (χ3n) is 3.55. The smallest absolute Gasteiger partial charge is 0.236 e. The SMILES string of the molecule is CC(C)C(Br)C(=O)N1CCc2ccccc2CC1. The molecule has 98 valence electrons. The molecule has 1 unspecified atom stereocenters. The number of amides is 1. The van der Waals surface area contributed by atoms with Crippen LogP contribution in [0.25, 0.3) is 0 Å². The Morgan fingerprint density at radius 3 is 2.11 bits per heavy atom. The number of carbonyl (C=O) groups excluding carboxylic acids is 1. The Morgan fingerprint density at radius 1 is 1.17 bits per heavy atom. The minimum atomic E-state index is -0.0567. The van der Waals surface area contributed by atoms with Crippen LogP contribution in [0.1, 0.15) is 25.0 Å². The van der Waals surface area contributed by atoms with Crippen LogP contribution in [0.4, 0.5) is 0 Å². The van der Waals surface area contributed by atoms with Gasteiger partial charge in [-0.15, -0.1) is 0 Å². The van der Waals surface area contributed by atoms with E-state index in [1.165, 1.54) is 11.1 Å². The first-order valence-electron chi connectivity index (χ1n) is 6.59. The van der Waals surface area contributed by atoms with Crippen LogP contribution in [0.15, 0.2) is 24.3 Å². The summed E-state index contributed by atoms with van der Waals surface area (Å²) in [5.74, 6) is 0.570. The highest BCUT2D eigenvalue weighted by Gasteiger charge is 2.25. The van der Waals surface area contributed by atoms with Gasteiger partial charge in [0.2, 0.25) is 5.91 Å². The molecule has 1 aromatic rings. The molecular weight excluding hydrogens is 290 g/mol. The Kier molecular flexibility index (Phi) is 4.44. The first kappa shape index (κ1) is 13.6. The predicted octanol–water partition coefficient (Wildman–Crippen LogP) is 3.03. The van der Waals surface area contributed by atoms with Gasteiger partial charge in [-0.1, -0.05) is 54.0 Å². The second-order valence-electron chi connectivity index (χ2n) is 5.24. The molecule has 1 heterocycles. The Hall–Kier alpha value is -0.830. The van der Waals surface area contributed by atoms with Crippen molar-refractivity contribution in [3.63, 3.8) is 0 Å². The van der Waals surface area contributed by atoms with Gasteiger partial charge >= 0.3 is 0 Å². The lowest BCUT2D eigenvalue weighted by atomic mass is 10.0. The van der Waals surface area contributed by atoms with Crippen molar-refractivity contribution in [1.29, 1.82) is 0 Å². The Bertz CT molecular complexity index is 403. The van der Waals surface area contributed by atoms with Gasteiger partial charge in [-0.05, 0) is 29.9 Å². The van der Waals surface area contributed by atoms with Crippen molar-refractivity contribution < 1.29 is 4.79 Å². The van der Waals surface area contributed by atoms with E-state index in [2.05, 4.69) is 54.0 Å². The summed E-state index contributed by atoms with van der Waals surface area (Å²) in [5.41, 5.74) is 2.78. The van der Waals surface area contributed by atoms with Crippen LogP contribution < -0.4 is 0 Å². The summed E-state index contributed by atoms with van der Waals surface area (Å²) >= 11 is 3.51. The van der Waals surface area contributed by atoms with Crippen molar-refractivity contribution in [2.75, 3.05) is 13.1 Å². The molecule has 1 aromatic carbocycles. The third kappa shape index (κ3) is 2.94. The fraction of sp³-hybridized carbons (Fsp3) is 0.533. The molecule has 3 heteroatoms. The Morgan fingerprint density at radius 2 is 1.67 bits per heavy atom. The van der Waals surface area contributed by atoms with Crippen molar-refractivity contribution in [3.8, 4) is 0 Å². The average molecular weight is 310 g/mol. The van der Waals surface area contributed by atoms with E-state index < -0.39 is 0 Å². The van der Waals surface area contributed by atoms with Crippen LogP contribution in [0.3, 0.4) is 0 Å². The van der Waals surface area contributed by atoms with Gasteiger partial charge in [-0.3, -0.25) is 4.79 Å². The quantitative estimate of drug-likeness (QED) is 0.769. The van der Waals surface area contributed by atoms with Crippen molar-refractivity contribution >= 4 is 21.8 Å². The maximum absolute atomic E-state index is 12.3. The number of benzene rings is 1. The first-order valence-corrected chi connectivity index (χ1v) is 7.51. The van der Waals surface area contributed by atoms with Crippen molar-refractivity contribution in [3.05, 3.63) is 35.4 Å². The monoisotopic (exact) mass is 309 g/mol. The predicted molar refractivity (Wildman–Crippen MR) is 78.0 cm³/mol. The maximum atomic E-state index is 12.3. The number of hydrogen-bond donors (Lipinski definition) is 0. The Labute approximate surface area is 117 Å². The van der Waals surface area contributed by atoms with Gasteiger partial charge in [-0.25, -0.2) is 0 Å². The molecule has 18 heavy (non-hydrogen) atoms. The maximum Gasteiger partial charge on any atom is 0.236 e. The van der Waals surface area contributed by atoms with Gasteiger partial charge in [0.05, 0.1) is 4.83 Å². The number of fused-ring (bicyclic) bond motifs is 1. The molecule has 1 aliphatic rings. The average Bonchev–Trinajstić information content (AvgIpc) is 2.59. The van der Waals surface area contributed by atoms with E-state index in [-0.39, 0.29) is 10.7 Å². The number of carbonyl (C=O) groups is 1. The lowest BCUT2D eigenvalue weighted by molar-refractivity contribution is -0.131. The molecule has 1 amide bonds. The van der Waals surface area contributed by atoms with Gasteiger partial charge in [0.25, 0.3) is 0 Å². The van der Waals surface area contributed by atoms with Gasteiger partial charge < -0.3 is 4.90 Å². The fourth-order valence-electron chi connectivity index (χ4n) is 2.35. The molecule has 1 aliphatic heterocycles. The summed E-state index contributed by atoms with van der Waals surface area (Å²) in [4.78, 5) is 14.3. The van der Waals surface area contributed by atoms with E-state index in [9.17, 15) is 4.79 Å². The van der Waals surface area contributed by atoms with Crippen LogP contribution in [0.2, 0.25) is 0 Å². The van der Waals surface area contributed by atoms with Gasteiger partial charge in [0, 0.05) is 13.1 Å². The summed E-state index contributed by atoms with van der Waals surface area (Å²) in [5, 5.41) is 0. The summed E-state index contributed by atoms with van der Waals surface area (Å²) in [7, 11) is 0. The van der Waals surface area contributed by atoms with E-state index in [1.807, 2.05) is 4.90 Å². The minimum Gasteiger partial charge on any atom is -0.341 e. The molecule has 0 saturated heterocycles. The van der Waals surface area contributed by atoms with Gasteiger partial charge in [0.15, 0.2) is 0 Å². The molecular formula is C15H20BrNO. The zero-order valence-electron chi connectivity index (χ0n) is 11.0. The zero-order chi connectivity index (χ0) is 13.1. The highest BCUT2D eigenvalue weighted by atomic mass is 79.9. The summed E-state index contributed by atoms with van der Waals surface area (Å²) < 4.78 is 0. The van der Waals surface area contributed by atoms with Crippen molar-refractivity contribution in [2.24, 2.45) is 5.92 Å². The molecule has 0 saturated carbocycles. The summed E-state index contributed by atoms with van der Waals surface area (Å²) in [6, 6.07) is 8.52. The molecule has 0 aliphatic carbocycles. The van der Waals surface area contributed by atoms with Gasteiger partial charge in [0.1, 0.15) is 0 Å². The zero-order valence-corrected chi connectivity index (χ0v) is 12.6. The highest BCUT2D eigenvalue weighted by Crippen LogP contribution is 2.19. The lowest BCUT2D eigenvalue weighted by Crippen LogP contribution is -2.40. The van der Waals surface area contributed by atoms with E-state index in [4.69, 9.17) is 0 Å². The topological polar surface area (TPSA) is 20.3 Å². The standard InChI is InChI=1S/C15H20BrNO/c1-11(2)14(16)15(18)17-9-7-12-5-3-4-6-13(12)8-10-17/h3-6,11,14H,7-10H2,1-2H3. The van der Waals surface area contributed by atoms with Gasteiger partial charge in [-0.2, -0.15) is 0 Å². The Balaban J connectivity index is 2.06. The second kappa shape index (κ2) is 5.87. The van der Waals surface area contributed by atoms with Crippen molar-refractivity contribution in [1.82, 2.24) is 4.90 Å². The third-order valence-corrected chi connectivity index (χ3v) is 5.00. The fourth-order valence-corrected chi connectivity index (χ4v) is 2.64. The molecule has 0 N–H and O–H groups in total. The van der Waals surface area contributed by atoms with E-state index in [1.54, 1.807) is 0 Å². The number of nitrogens with zero attached hydrogens (tertiary/aromatic N) is 1. The molecule has 2 rings (SSSR count). The largest absolute Gasteiger partial charge is 0.341 e. The van der Waals surface area contributed by atoms with E-state index in [0.717, 1.165) is 25.9 Å². The minimum absolute atomic E-state index is 0.0567. The van der Waals surface area contributed by atoms with Crippen molar-refractivity contribution in [2.45, 2.75) is 31.5 Å². The van der Waals surface area contributed by atoms with E-state index in [0.29, 0.717) is 5.92 Å². The molecule has 2 nitrogen and oxygen atoms in total. The highest BCUT2D eigenvalue weighted by molar-refractivity contribution is 9.10. The number of hydrogen-bond acceptors (Lipinski definition) is 1. The van der Waals surface area contributed by atoms with Crippen LogP contribution in [0, 0.1) is 5.92 Å². The molecule has 0 aromatic heterocycles. The molecule has 0 bridgehead atoms. The summed E-state index contributed by atoms with van der Waals surface area (Å²) in [6.45, 7) is 5.82. The van der Waals surface area contributed by atoms with Crippen LogP contribution in [-0.4, -0.2) is 28.7 Å². The van der Waals surface area contributed by atoms with Crippen LogP contribution >= 0.6 is 15.9 Å². The lowest BCUT2D eigenvalue weighted by Gasteiger charge is -2.24. The van der Waals surface area contributed by atoms with Crippen LogP contribution in [0.5, 0.6) is 0 Å². The number of alkyl halides is 1. The normalized spacial score (nSPS) is 17.2. The first-order chi connectivity index (χ1) is 8.59.